The number of hydrazone groups is 1. The van der Waals surface area contributed by atoms with Crippen molar-refractivity contribution in [2.75, 3.05) is 0 Å². The number of nitrogens with zero attached hydrogens (tertiary/aromatic N) is 2. The van der Waals surface area contributed by atoms with E-state index in [-0.39, 0.29) is 36.8 Å². The number of phenolic OH excluding ortho intramolecular Hbond substituents is 1. The molecule has 94 valence electrons. The van der Waals surface area contributed by atoms with Crippen LogP contribution in [0.15, 0.2) is 29.4 Å². The molecule has 0 radical (unpaired) electrons. The van der Waals surface area contributed by atoms with Crippen LogP contribution in [0.3, 0.4) is 0 Å². The summed E-state index contributed by atoms with van der Waals surface area (Å²) in [5, 5.41) is 23.1. The summed E-state index contributed by atoms with van der Waals surface area (Å²) in [4.78, 5) is 22.4. The molecule has 2 N–H and O–H groups in total. The third-order valence-electron chi connectivity index (χ3n) is 2.59. The van der Waals surface area contributed by atoms with Gasteiger partial charge in [-0.2, -0.15) is 5.10 Å². The largest absolute Gasteiger partial charge is 0.508 e. The van der Waals surface area contributed by atoms with Crippen LogP contribution in [-0.2, 0) is 16.1 Å². The molecule has 1 amide bonds. The van der Waals surface area contributed by atoms with Crippen LogP contribution in [0.5, 0.6) is 5.75 Å². The first-order valence-electron chi connectivity index (χ1n) is 5.45. The molecule has 0 bridgehead atoms. The van der Waals surface area contributed by atoms with E-state index in [1.54, 1.807) is 12.1 Å². The first-order valence-corrected chi connectivity index (χ1v) is 5.45. The fourth-order valence-electron chi connectivity index (χ4n) is 1.71. The summed E-state index contributed by atoms with van der Waals surface area (Å²) in [5.41, 5.74) is 0.675. The number of carbonyl (C=O) groups is 2. The highest BCUT2D eigenvalue weighted by Crippen LogP contribution is 2.16. The minimum absolute atomic E-state index is 0.0187. The average molecular weight is 248 g/mol. The van der Waals surface area contributed by atoms with Gasteiger partial charge in [0.25, 0.3) is 0 Å². The molecule has 0 aliphatic carbocycles. The number of carbonyl (C=O) groups excluding carboxylic acids is 1. The van der Waals surface area contributed by atoms with Gasteiger partial charge in [-0.3, -0.25) is 4.79 Å². The van der Waals surface area contributed by atoms with Crippen molar-refractivity contribution >= 4 is 17.6 Å². The molecule has 1 heterocycles. The second-order valence-electron chi connectivity index (χ2n) is 3.97. The Hall–Kier alpha value is -2.37. The Bertz CT molecular complexity index is 525. The number of carboxylic acid groups (broad SMARTS) is 1. The third-order valence-corrected chi connectivity index (χ3v) is 2.59. The van der Waals surface area contributed by atoms with Crippen molar-refractivity contribution in [3.8, 4) is 5.75 Å². The molecule has 0 aromatic heterocycles. The second-order valence-corrected chi connectivity index (χ2v) is 3.97. The van der Waals surface area contributed by atoms with Crippen LogP contribution in [0.1, 0.15) is 18.4 Å². The Morgan fingerprint density at radius 1 is 1.39 bits per heavy atom. The smallest absolute Gasteiger partial charge is 0.352 e. The Morgan fingerprint density at radius 2 is 2.17 bits per heavy atom. The van der Waals surface area contributed by atoms with E-state index in [2.05, 4.69) is 5.10 Å². The third kappa shape index (κ3) is 2.65. The van der Waals surface area contributed by atoms with Gasteiger partial charge in [-0.25, -0.2) is 9.80 Å². The molecule has 1 aliphatic rings. The van der Waals surface area contributed by atoms with Gasteiger partial charge >= 0.3 is 5.97 Å². The van der Waals surface area contributed by atoms with Gasteiger partial charge in [-0.05, 0) is 17.7 Å². The highest BCUT2D eigenvalue weighted by molar-refractivity contribution is 6.36. The zero-order chi connectivity index (χ0) is 13.1. The van der Waals surface area contributed by atoms with E-state index in [4.69, 9.17) is 5.11 Å². The number of aromatic hydroxyl groups is 1. The maximum absolute atomic E-state index is 11.6. The second kappa shape index (κ2) is 4.87. The number of benzene rings is 1. The maximum atomic E-state index is 11.6. The van der Waals surface area contributed by atoms with Crippen LogP contribution >= 0.6 is 0 Å². The number of aliphatic carboxylic acids is 1. The van der Waals surface area contributed by atoms with Gasteiger partial charge in [-0.15, -0.1) is 0 Å². The van der Waals surface area contributed by atoms with E-state index in [0.29, 0.717) is 5.56 Å². The Morgan fingerprint density at radius 3 is 2.83 bits per heavy atom. The van der Waals surface area contributed by atoms with Gasteiger partial charge in [-0.1, -0.05) is 12.1 Å². The first kappa shape index (κ1) is 12.1. The Kier molecular flexibility index (Phi) is 3.27. The van der Waals surface area contributed by atoms with Crippen molar-refractivity contribution in [3.63, 3.8) is 0 Å². The normalized spacial score (nSPS) is 15.4. The topological polar surface area (TPSA) is 90.2 Å². The van der Waals surface area contributed by atoms with Gasteiger partial charge < -0.3 is 10.2 Å². The number of hydrogen-bond donors (Lipinski definition) is 2. The van der Waals surface area contributed by atoms with Crippen molar-refractivity contribution in [1.82, 2.24) is 5.01 Å². The molecule has 18 heavy (non-hydrogen) atoms. The minimum atomic E-state index is -1.11. The molecule has 0 saturated carbocycles. The highest BCUT2D eigenvalue weighted by Gasteiger charge is 2.24. The number of amides is 1. The SMILES string of the molecule is O=C(O)C1=NN(Cc2cccc(O)c2)C(=O)CC1. The molecular weight excluding hydrogens is 236 g/mol. The van der Waals surface area contributed by atoms with Gasteiger partial charge in [0.1, 0.15) is 11.5 Å². The lowest BCUT2D eigenvalue weighted by atomic mass is 10.1. The van der Waals surface area contributed by atoms with Crippen LogP contribution in [-0.4, -0.2) is 32.8 Å². The molecule has 1 aliphatic heterocycles. The van der Waals surface area contributed by atoms with Crippen molar-refractivity contribution in [1.29, 1.82) is 0 Å². The number of hydrogen-bond acceptors (Lipinski definition) is 4. The van der Waals surface area contributed by atoms with Crippen LogP contribution in [0.4, 0.5) is 0 Å². The number of rotatable bonds is 3. The van der Waals surface area contributed by atoms with Gasteiger partial charge in [0.2, 0.25) is 5.91 Å². The molecular formula is C12H12N2O4. The van der Waals surface area contributed by atoms with E-state index < -0.39 is 5.97 Å². The summed E-state index contributed by atoms with van der Waals surface area (Å²) in [7, 11) is 0. The van der Waals surface area contributed by atoms with E-state index in [9.17, 15) is 14.7 Å². The zero-order valence-electron chi connectivity index (χ0n) is 9.54. The van der Waals surface area contributed by atoms with E-state index in [0.717, 1.165) is 5.01 Å². The summed E-state index contributed by atoms with van der Waals surface area (Å²) in [6.45, 7) is 0.157. The lowest BCUT2D eigenvalue weighted by Gasteiger charge is -2.22. The summed E-state index contributed by atoms with van der Waals surface area (Å²) in [6, 6.07) is 6.42. The van der Waals surface area contributed by atoms with E-state index in [1.807, 2.05) is 0 Å². The maximum Gasteiger partial charge on any atom is 0.352 e. The van der Waals surface area contributed by atoms with Gasteiger partial charge in [0.15, 0.2) is 0 Å². The van der Waals surface area contributed by atoms with E-state index >= 15 is 0 Å². The molecule has 6 nitrogen and oxygen atoms in total. The number of carboxylic acids is 1. The molecule has 0 saturated heterocycles. The molecule has 0 spiro atoms. The van der Waals surface area contributed by atoms with Crippen LogP contribution < -0.4 is 0 Å². The fourth-order valence-corrected chi connectivity index (χ4v) is 1.71. The average Bonchev–Trinajstić information content (AvgIpc) is 2.31. The van der Waals surface area contributed by atoms with E-state index in [1.165, 1.54) is 12.1 Å². The van der Waals surface area contributed by atoms with Crippen LogP contribution in [0.25, 0.3) is 0 Å². The van der Waals surface area contributed by atoms with Crippen molar-refractivity contribution in [2.45, 2.75) is 19.4 Å². The summed E-state index contributed by atoms with van der Waals surface area (Å²) in [6.07, 6.45) is 0.300. The first-order chi connectivity index (χ1) is 8.56. The standard InChI is InChI=1S/C12H12N2O4/c15-9-3-1-2-8(6-9)7-14-11(16)5-4-10(13-14)12(17)18/h1-3,6,15H,4-5,7H2,(H,17,18). The quantitative estimate of drug-likeness (QED) is 0.833. The molecule has 1 aromatic rings. The molecule has 0 unspecified atom stereocenters. The fraction of sp³-hybridized carbons (Fsp3) is 0.250. The zero-order valence-corrected chi connectivity index (χ0v) is 9.54. The van der Waals surface area contributed by atoms with Crippen molar-refractivity contribution in [2.24, 2.45) is 5.10 Å². The van der Waals surface area contributed by atoms with Crippen LogP contribution in [0.2, 0.25) is 0 Å². The Balaban J connectivity index is 2.19. The van der Waals surface area contributed by atoms with Crippen LogP contribution in [0, 0.1) is 0 Å². The predicted octanol–water partition coefficient (Wildman–Crippen LogP) is 0.955. The molecule has 1 aromatic carbocycles. The molecule has 2 rings (SSSR count). The lowest BCUT2D eigenvalue weighted by molar-refractivity contribution is -0.133. The van der Waals surface area contributed by atoms with Gasteiger partial charge in [0.05, 0.1) is 6.54 Å². The summed E-state index contributed by atoms with van der Waals surface area (Å²) < 4.78 is 0. The monoisotopic (exact) mass is 248 g/mol. The highest BCUT2D eigenvalue weighted by atomic mass is 16.4. The summed E-state index contributed by atoms with van der Waals surface area (Å²) in [5.74, 6) is -1.23. The Labute approximate surface area is 103 Å². The number of phenols is 1. The predicted molar refractivity (Wildman–Crippen MR) is 63.0 cm³/mol. The molecule has 6 heteroatoms. The summed E-state index contributed by atoms with van der Waals surface area (Å²) >= 11 is 0. The lowest BCUT2D eigenvalue weighted by Crippen LogP contribution is -2.33. The molecule has 0 atom stereocenters. The molecule has 0 fully saturated rings. The van der Waals surface area contributed by atoms with Crippen molar-refractivity contribution < 1.29 is 19.8 Å². The van der Waals surface area contributed by atoms with Gasteiger partial charge in [0, 0.05) is 12.8 Å². The van der Waals surface area contributed by atoms with Crippen molar-refractivity contribution in [3.05, 3.63) is 29.8 Å². The minimum Gasteiger partial charge on any atom is -0.508 e.